The molecule has 0 spiro atoms. The summed E-state index contributed by atoms with van der Waals surface area (Å²) in [4.78, 5) is 13.4. The van der Waals surface area contributed by atoms with Crippen LogP contribution in [0.25, 0.3) is 0 Å². The third-order valence-corrected chi connectivity index (χ3v) is 4.10. The zero-order chi connectivity index (χ0) is 14.9. The van der Waals surface area contributed by atoms with Crippen LogP contribution in [0, 0.1) is 0 Å². The average molecular weight is 289 g/mol. The van der Waals surface area contributed by atoms with Gasteiger partial charge < -0.3 is 15.4 Å². The normalized spacial score (nSPS) is 24.8. The van der Waals surface area contributed by atoms with Gasteiger partial charge >= 0.3 is 6.03 Å². The van der Waals surface area contributed by atoms with E-state index in [4.69, 9.17) is 4.74 Å². The van der Waals surface area contributed by atoms with Gasteiger partial charge in [-0.2, -0.15) is 0 Å². The molecule has 3 rings (SSSR count). The van der Waals surface area contributed by atoms with Crippen LogP contribution in [0.4, 0.5) is 16.2 Å². The van der Waals surface area contributed by atoms with E-state index in [1.165, 1.54) is 0 Å². The second-order valence-corrected chi connectivity index (χ2v) is 6.37. The van der Waals surface area contributed by atoms with E-state index in [0.29, 0.717) is 6.04 Å². The number of nitrogens with one attached hydrogen (secondary N) is 2. The minimum absolute atomic E-state index is 0.0121. The first-order chi connectivity index (χ1) is 10.0. The monoisotopic (exact) mass is 289 g/mol. The number of amides is 2. The third-order valence-electron chi connectivity index (χ3n) is 4.10. The molecule has 2 heterocycles. The first-order valence-corrected chi connectivity index (χ1v) is 7.59. The number of hydrogen-bond donors (Lipinski definition) is 2. The van der Waals surface area contributed by atoms with Crippen molar-refractivity contribution in [3.63, 3.8) is 0 Å². The highest BCUT2D eigenvalue weighted by atomic mass is 16.5. The number of anilines is 2. The molecule has 1 atom stereocenters. The first kappa shape index (κ1) is 14.2. The van der Waals surface area contributed by atoms with Gasteiger partial charge in [-0.1, -0.05) is 0 Å². The van der Waals surface area contributed by atoms with Gasteiger partial charge in [-0.05, 0) is 51.0 Å². The molecule has 2 fully saturated rings. The molecule has 114 valence electrons. The highest BCUT2D eigenvalue weighted by Crippen LogP contribution is 2.27. The maximum Gasteiger partial charge on any atom is 0.321 e. The number of nitrogens with zero attached hydrogens (tertiary/aromatic N) is 1. The van der Waals surface area contributed by atoms with Gasteiger partial charge in [0.2, 0.25) is 0 Å². The van der Waals surface area contributed by atoms with Gasteiger partial charge in [-0.3, -0.25) is 4.90 Å². The molecule has 5 nitrogen and oxygen atoms in total. The molecule has 1 aromatic rings. The summed E-state index contributed by atoms with van der Waals surface area (Å²) in [6, 6.07) is 8.51. The van der Waals surface area contributed by atoms with Crippen LogP contribution in [0.15, 0.2) is 24.3 Å². The van der Waals surface area contributed by atoms with Crippen molar-refractivity contribution < 1.29 is 9.53 Å². The lowest BCUT2D eigenvalue weighted by Crippen LogP contribution is -2.40. The predicted molar refractivity (Wildman–Crippen MR) is 83.9 cm³/mol. The number of carbonyl (C=O) groups is 1. The van der Waals surface area contributed by atoms with E-state index in [1.54, 1.807) is 4.90 Å². The second-order valence-electron chi connectivity index (χ2n) is 6.37. The van der Waals surface area contributed by atoms with Crippen LogP contribution < -0.4 is 15.5 Å². The minimum atomic E-state index is -0.0521. The standard InChI is InChI=1S/C16H23N3O2/c1-16(2)11-13(7-10-21-16)18-12-3-5-14(6-4-12)19-9-8-17-15(19)20/h3-6,13,18H,7-11H2,1-2H3,(H,17,20). The fourth-order valence-electron chi connectivity index (χ4n) is 3.05. The van der Waals surface area contributed by atoms with Crippen LogP contribution in [-0.2, 0) is 4.74 Å². The lowest BCUT2D eigenvalue weighted by molar-refractivity contribution is -0.0553. The van der Waals surface area contributed by atoms with Crippen molar-refractivity contribution in [2.75, 3.05) is 29.9 Å². The van der Waals surface area contributed by atoms with E-state index in [1.807, 2.05) is 24.3 Å². The topological polar surface area (TPSA) is 53.6 Å². The molecule has 0 aliphatic carbocycles. The summed E-state index contributed by atoms with van der Waals surface area (Å²) in [5.74, 6) is 0. The molecule has 2 aliphatic rings. The Bertz CT molecular complexity index is 513. The van der Waals surface area contributed by atoms with Crippen LogP contribution in [0.3, 0.4) is 0 Å². The van der Waals surface area contributed by atoms with Gasteiger partial charge in [0.25, 0.3) is 0 Å². The van der Waals surface area contributed by atoms with Crippen LogP contribution in [0.5, 0.6) is 0 Å². The zero-order valence-corrected chi connectivity index (χ0v) is 12.7. The van der Waals surface area contributed by atoms with Gasteiger partial charge in [0, 0.05) is 37.1 Å². The van der Waals surface area contributed by atoms with Crippen LogP contribution in [0.2, 0.25) is 0 Å². The molecular weight excluding hydrogens is 266 g/mol. The van der Waals surface area contributed by atoms with E-state index in [2.05, 4.69) is 24.5 Å². The summed E-state index contributed by atoms with van der Waals surface area (Å²) >= 11 is 0. The fraction of sp³-hybridized carbons (Fsp3) is 0.562. The highest BCUT2D eigenvalue weighted by Gasteiger charge is 2.28. The van der Waals surface area contributed by atoms with Crippen LogP contribution in [0.1, 0.15) is 26.7 Å². The van der Waals surface area contributed by atoms with Crippen molar-refractivity contribution in [2.45, 2.75) is 38.3 Å². The molecule has 2 amide bonds. The Morgan fingerprint density at radius 2 is 2.10 bits per heavy atom. The molecule has 2 N–H and O–H groups in total. The predicted octanol–water partition coefficient (Wildman–Crippen LogP) is 2.59. The van der Waals surface area contributed by atoms with Crippen molar-refractivity contribution >= 4 is 17.4 Å². The number of rotatable bonds is 3. The van der Waals surface area contributed by atoms with E-state index < -0.39 is 0 Å². The molecule has 0 saturated carbocycles. The summed E-state index contributed by atoms with van der Waals surface area (Å²) in [5.41, 5.74) is 1.99. The number of ether oxygens (including phenoxy) is 1. The maximum absolute atomic E-state index is 11.6. The molecule has 1 aromatic carbocycles. The van der Waals surface area contributed by atoms with Crippen LogP contribution >= 0.6 is 0 Å². The molecule has 21 heavy (non-hydrogen) atoms. The Balaban J connectivity index is 1.63. The molecule has 0 bridgehead atoms. The number of carbonyl (C=O) groups excluding carboxylic acids is 1. The minimum Gasteiger partial charge on any atom is -0.382 e. The van der Waals surface area contributed by atoms with Crippen molar-refractivity contribution in [2.24, 2.45) is 0 Å². The van der Waals surface area contributed by atoms with Gasteiger partial charge in [0.15, 0.2) is 0 Å². The van der Waals surface area contributed by atoms with E-state index in [9.17, 15) is 4.79 Å². The summed E-state index contributed by atoms with van der Waals surface area (Å²) < 4.78 is 5.74. The summed E-state index contributed by atoms with van der Waals surface area (Å²) in [6.07, 6.45) is 2.03. The van der Waals surface area contributed by atoms with Gasteiger partial charge in [0.05, 0.1) is 5.60 Å². The highest BCUT2D eigenvalue weighted by molar-refractivity contribution is 5.94. The van der Waals surface area contributed by atoms with E-state index in [0.717, 1.165) is 43.9 Å². The molecular formula is C16H23N3O2. The Morgan fingerprint density at radius 1 is 1.33 bits per heavy atom. The molecule has 2 aliphatic heterocycles. The van der Waals surface area contributed by atoms with E-state index in [-0.39, 0.29) is 11.6 Å². The van der Waals surface area contributed by atoms with Crippen LogP contribution in [-0.4, -0.2) is 37.4 Å². The number of urea groups is 1. The summed E-state index contributed by atoms with van der Waals surface area (Å²) in [5, 5.41) is 6.38. The molecule has 0 aromatic heterocycles. The largest absolute Gasteiger partial charge is 0.382 e. The SMILES string of the molecule is CC1(C)CC(Nc2ccc(N3CCNC3=O)cc2)CCO1. The van der Waals surface area contributed by atoms with Crippen molar-refractivity contribution in [1.29, 1.82) is 0 Å². The number of hydrogen-bond acceptors (Lipinski definition) is 3. The molecule has 1 unspecified atom stereocenters. The maximum atomic E-state index is 11.6. The van der Waals surface area contributed by atoms with Gasteiger partial charge in [-0.25, -0.2) is 4.79 Å². The number of benzene rings is 1. The fourth-order valence-corrected chi connectivity index (χ4v) is 3.05. The lowest BCUT2D eigenvalue weighted by atomic mass is 9.94. The quantitative estimate of drug-likeness (QED) is 0.899. The molecule has 0 radical (unpaired) electrons. The second kappa shape index (κ2) is 5.56. The van der Waals surface area contributed by atoms with Gasteiger partial charge in [0.1, 0.15) is 0 Å². The Kier molecular flexibility index (Phi) is 3.76. The van der Waals surface area contributed by atoms with E-state index >= 15 is 0 Å². The average Bonchev–Trinajstić information content (AvgIpc) is 2.85. The molecule has 2 saturated heterocycles. The Morgan fingerprint density at radius 3 is 2.71 bits per heavy atom. The van der Waals surface area contributed by atoms with Crippen molar-refractivity contribution in [3.8, 4) is 0 Å². The summed E-state index contributed by atoms with van der Waals surface area (Å²) in [7, 11) is 0. The Hall–Kier alpha value is -1.75. The molecule has 5 heteroatoms. The lowest BCUT2D eigenvalue weighted by Gasteiger charge is -2.36. The first-order valence-electron chi connectivity index (χ1n) is 7.59. The third kappa shape index (κ3) is 3.29. The van der Waals surface area contributed by atoms with Gasteiger partial charge in [-0.15, -0.1) is 0 Å². The van der Waals surface area contributed by atoms with Crippen molar-refractivity contribution in [3.05, 3.63) is 24.3 Å². The zero-order valence-electron chi connectivity index (χ0n) is 12.7. The Labute approximate surface area is 125 Å². The van der Waals surface area contributed by atoms with Crippen molar-refractivity contribution in [1.82, 2.24) is 5.32 Å². The summed E-state index contributed by atoms with van der Waals surface area (Å²) in [6.45, 7) is 6.53. The smallest absolute Gasteiger partial charge is 0.321 e.